The van der Waals surface area contributed by atoms with Crippen LogP contribution in [-0.2, 0) is 0 Å². The zero-order valence-electron chi connectivity index (χ0n) is 13.1. The van der Waals surface area contributed by atoms with Gasteiger partial charge in [0, 0.05) is 23.7 Å². The van der Waals surface area contributed by atoms with E-state index in [0.29, 0.717) is 5.69 Å². The minimum Gasteiger partial charge on any atom is -0.377 e. The van der Waals surface area contributed by atoms with Crippen LogP contribution in [0.1, 0.15) is 38.1 Å². The largest absolute Gasteiger partial charge is 0.377 e. The number of hydrogen-bond donors (Lipinski definition) is 1. The molecule has 0 amide bonds. The molecule has 0 radical (unpaired) electrons. The number of nitrogens with zero attached hydrogens (tertiary/aromatic N) is 1. The second-order valence-corrected chi connectivity index (χ2v) is 6.47. The number of benzene rings is 1. The van der Waals surface area contributed by atoms with Crippen LogP contribution in [0.15, 0.2) is 35.7 Å². The molecule has 0 fully saturated rings. The predicted octanol–water partition coefficient (Wildman–Crippen LogP) is 5.30. The van der Waals surface area contributed by atoms with E-state index in [1.165, 1.54) is 4.88 Å². The van der Waals surface area contributed by atoms with Gasteiger partial charge in [-0.05, 0) is 49.9 Å². The molecule has 1 N–H and O–H groups in total. The molecule has 1 atom stereocenters. The highest BCUT2D eigenvalue weighted by Crippen LogP contribution is 2.29. The number of halogens is 1. The van der Waals surface area contributed by atoms with Gasteiger partial charge in [-0.2, -0.15) is 0 Å². The Morgan fingerprint density at radius 3 is 2.57 bits per heavy atom. The van der Waals surface area contributed by atoms with Crippen molar-refractivity contribution in [2.45, 2.75) is 39.3 Å². The van der Waals surface area contributed by atoms with Gasteiger partial charge in [0.2, 0.25) is 0 Å². The van der Waals surface area contributed by atoms with Gasteiger partial charge < -0.3 is 10.2 Å². The minimum atomic E-state index is -0.183. The second-order valence-electron chi connectivity index (χ2n) is 5.49. The first-order chi connectivity index (χ1) is 10.0. The van der Waals surface area contributed by atoms with Crippen LogP contribution in [0.5, 0.6) is 0 Å². The molecule has 1 heterocycles. The number of nitrogens with one attached hydrogen (secondary N) is 1. The van der Waals surface area contributed by atoms with Crippen molar-refractivity contribution in [3.63, 3.8) is 0 Å². The third kappa shape index (κ3) is 3.76. The first kappa shape index (κ1) is 15.8. The summed E-state index contributed by atoms with van der Waals surface area (Å²) in [5.41, 5.74) is 1.47. The summed E-state index contributed by atoms with van der Waals surface area (Å²) in [6.45, 7) is 6.24. The van der Waals surface area contributed by atoms with E-state index < -0.39 is 0 Å². The van der Waals surface area contributed by atoms with E-state index in [4.69, 9.17) is 0 Å². The number of hydrogen-bond acceptors (Lipinski definition) is 3. The molecule has 114 valence electrons. The van der Waals surface area contributed by atoms with Crippen LogP contribution >= 0.6 is 11.3 Å². The van der Waals surface area contributed by atoms with Crippen LogP contribution in [0.25, 0.3) is 0 Å². The molecule has 21 heavy (non-hydrogen) atoms. The molecule has 0 bridgehead atoms. The van der Waals surface area contributed by atoms with Gasteiger partial charge in [-0.1, -0.05) is 13.0 Å². The summed E-state index contributed by atoms with van der Waals surface area (Å²) >= 11 is 1.73. The van der Waals surface area contributed by atoms with Gasteiger partial charge in [-0.15, -0.1) is 11.3 Å². The Bertz CT molecular complexity index is 566. The molecule has 0 aliphatic rings. The Balaban J connectivity index is 2.16. The van der Waals surface area contributed by atoms with Crippen molar-refractivity contribution in [3.05, 3.63) is 46.4 Å². The number of rotatable bonds is 6. The van der Waals surface area contributed by atoms with Gasteiger partial charge in [0.1, 0.15) is 5.82 Å². The van der Waals surface area contributed by atoms with Gasteiger partial charge in [0.15, 0.2) is 0 Å². The molecular formula is C17H23FN2S. The molecule has 0 aliphatic heterocycles. The topological polar surface area (TPSA) is 15.3 Å². The van der Waals surface area contributed by atoms with Crippen LogP contribution in [0.4, 0.5) is 15.8 Å². The number of thiophene rings is 1. The average Bonchev–Trinajstić information content (AvgIpc) is 2.98. The van der Waals surface area contributed by atoms with Crippen molar-refractivity contribution in [1.82, 2.24) is 0 Å². The van der Waals surface area contributed by atoms with Gasteiger partial charge in [0.25, 0.3) is 0 Å². The summed E-state index contributed by atoms with van der Waals surface area (Å²) < 4.78 is 14.3. The van der Waals surface area contributed by atoms with Crippen molar-refractivity contribution in [3.8, 4) is 0 Å². The highest BCUT2D eigenvalue weighted by atomic mass is 32.1. The van der Waals surface area contributed by atoms with Crippen molar-refractivity contribution in [1.29, 1.82) is 0 Å². The molecule has 1 aromatic carbocycles. The summed E-state index contributed by atoms with van der Waals surface area (Å²) in [5.74, 6) is -0.183. The predicted molar refractivity (Wildman–Crippen MR) is 90.9 cm³/mol. The first-order valence-electron chi connectivity index (χ1n) is 7.35. The lowest BCUT2D eigenvalue weighted by Gasteiger charge is -2.25. The third-order valence-electron chi connectivity index (χ3n) is 3.74. The molecule has 4 heteroatoms. The van der Waals surface area contributed by atoms with Gasteiger partial charge >= 0.3 is 0 Å². The van der Waals surface area contributed by atoms with E-state index in [9.17, 15) is 4.39 Å². The normalized spacial score (nSPS) is 12.5. The fourth-order valence-electron chi connectivity index (χ4n) is 2.23. The molecule has 1 unspecified atom stereocenters. The molecule has 0 aliphatic carbocycles. The lowest BCUT2D eigenvalue weighted by Crippen LogP contribution is -2.26. The Labute approximate surface area is 130 Å². The fourth-order valence-corrected chi connectivity index (χ4v) is 3.09. The summed E-state index contributed by atoms with van der Waals surface area (Å²) in [5, 5.41) is 5.49. The van der Waals surface area contributed by atoms with Crippen LogP contribution < -0.4 is 10.2 Å². The molecule has 0 saturated carbocycles. The highest BCUT2D eigenvalue weighted by Gasteiger charge is 2.14. The first-order valence-corrected chi connectivity index (χ1v) is 8.23. The maximum Gasteiger partial charge on any atom is 0.148 e. The summed E-state index contributed by atoms with van der Waals surface area (Å²) in [4.78, 5) is 3.22. The van der Waals surface area contributed by atoms with Crippen LogP contribution in [0.3, 0.4) is 0 Å². The second kappa shape index (κ2) is 6.94. The SMILES string of the molecule is CCC(Nc1ccc(N(C)C(C)C)c(F)c1)c1cccs1. The molecule has 2 nitrogen and oxygen atoms in total. The van der Waals surface area contributed by atoms with Gasteiger partial charge in [-0.25, -0.2) is 4.39 Å². The Hall–Kier alpha value is -1.55. The van der Waals surface area contributed by atoms with Crippen molar-refractivity contribution >= 4 is 22.7 Å². The van der Waals surface area contributed by atoms with Crippen LogP contribution in [0, 0.1) is 5.82 Å². The van der Waals surface area contributed by atoms with Crippen molar-refractivity contribution < 1.29 is 4.39 Å². The smallest absolute Gasteiger partial charge is 0.148 e. The molecule has 1 aromatic heterocycles. The average molecular weight is 306 g/mol. The van der Waals surface area contributed by atoms with E-state index in [-0.39, 0.29) is 17.9 Å². The van der Waals surface area contributed by atoms with Gasteiger partial charge in [-0.3, -0.25) is 0 Å². The zero-order valence-corrected chi connectivity index (χ0v) is 13.9. The quantitative estimate of drug-likeness (QED) is 0.779. The zero-order chi connectivity index (χ0) is 15.4. The van der Waals surface area contributed by atoms with Crippen LogP contribution in [-0.4, -0.2) is 13.1 Å². The maximum atomic E-state index is 14.3. The maximum absolute atomic E-state index is 14.3. The van der Waals surface area contributed by atoms with Crippen LogP contribution in [0.2, 0.25) is 0 Å². The van der Waals surface area contributed by atoms with E-state index in [2.05, 4.69) is 37.5 Å². The highest BCUT2D eigenvalue weighted by molar-refractivity contribution is 7.10. The van der Waals surface area contributed by atoms with E-state index >= 15 is 0 Å². The fraction of sp³-hybridized carbons (Fsp3) is 0.412. The summed E-state index contributed by atoms with van der Waals surface area (Å²) in [6, 6.07) is 10.1. The Morgan fingerprint density at radius 1 is 1.29 bits per heavy atom. The summed E-state index contributed by atoms with van der Waals surface area (Å²) in [6.07, 6.45) is 0.968. The Kier molecular flexibility index (Phi) is 5.23. The molecular weight excluding hydrogens is 283 g/mol. The van der Waals surface area contributed by atoms with E-state index in [1.54, 1.807) is 17.4 Å². The molecule has 0 saturated heterocycles. The van der Waals surface area contributed by atoms with E-state index in [0.717, 1.165) is 12.1 Å². The van der Waals surface area contributed by atoms with Crippen molar-refractivity contribution in [2.24, 2.45) is 0 Å². The molecule has 2 rings (SSSR count). The lowest BCUT2D eigenvalue weighted by atomic mass is 10.1. The third-order valence-corrected chi connectivity index (χ3v) is 4.72. The lowest BCUT2D eigenvalue weighted by molar-refractivity contribution is 0.613. The standard InChI is InChI=1S/C17H23FN2S/c1-5-15(17-7-6-10-21-17)19-13-8-9-16(14(18)11-13)20(4)12(2)3/h6-12,15,19H,5H2,1-4H3. The minimum absolute atomic E-state index is 0.183. The van der Waals surface area contributed by atoms with Gasteiger partial charge in [0.05, 0.1) is 11.7 Å². The molecule has 2 aromatic rings. The monoisotopic (exact) mass is 306 g/mol. The molecule has 0 spiro atoms. The number of anilines is 2. The van der Waals surface area contributed by atoms with E-state index in [1.807, 2.05) is 30.1 Å². The van der Waals surface area contributed by atoms with Crippen molar-refractivity contribution in [2.75, 3.05) is 17.3 Å². The Morgan fingerprint density at radius 2 is 2.05 bits per heavy atom. The summed E-state index contributed by atoms with van der Waals surface area (Å²) in [7, 11) is 1.91.